The number of ether oxygens (including phenoxy) is 2. The van der Waals surface area contributed by atoms with Crippen LogP contribution in [0.1, 0.15) is 45.1 Å². The van der Waals surface area contributed by atoms with Gasteiger partial charge in [0.2, 0.25) is 0 Å². The van der Waals surface area contributed by atoms with Crippen LogP contribution in [0.4, 0.5) is 4.79 Å². The normalized spacial score (nSPS) is 20.4. The van der Waals surface area contributed by atoms with Crippen molar-refractivity contribution in [2.75, 3.05) is 7.11 Å². The number of methoxy groups -OCH3 is 1. The van der Waals surface area contributed by atoms with Crippen LogP contribution < -0.4 is 9.30 Å². The smallest absolute Gasteiger partial charge is 0.496 e. The minimum atomic E-state index is -0.326. The fraction of sp³-hybridized carbons (Fsp3) is 0.455. The molecule has 3 rings (SSSR count). The minimum absolute atomic E-state index is 0.0444. The van der Waals surface area contributed by atoms with Gasteiger partial charge < -0.3 is 9.47 Å². The van der Waals surface area contributed by atoms with Crippen molar-refractivity contribution in [2.45, 2.75) is 51.0 Å². The monoisotopic (exact) mass is 354 g/mol. The van der Waals surface area contributed by atoms with Gasteiger partial charge in [-0.3, -0.25) is 0 Å². The largest absolute Gasteiger partial charge is 0.602 e. The molecule has 0 amide bonds. The lowest BCUT2D eigenvalue weighted by Crippen LogP contribution is -2.48. The van der Waals surface area contributed by atoms with Gasteiger partial charge in [0.25, 0.3) is 0 Å². The summed E-state index contributed by atoms with van der Waals surface area (Å²) in [7, 11) is 1.61. The zero-order valence-electron chi connectivity index (χ0n) is 15.9. The van der Waals surface area contributed by atoms with Crippen molar-refractivity contribution >= 4 is 6.09 Å². The first-order valence-corrected chi connectivity index (χ1v) is 9.34. The molecule has 1 aliphatic carbocycles. The maximum absolute atomic E-state index is 12.6. The Labute approximate surface area is 155 Å². The van der Waals surface area contributed by atoms with Crippen LogP contribution in [0.3, 0.4) is 0 Å². The second kappa shape index (κ2) is 7.90. The van der Waals surface area contributed by atoms with Crippen molar-refractivity contribution in [3.05, 3.63) is 60.4 Å². The van der Waals surface area contributed by atoms with Gasteiger partial charge in [0.15, 0.2) is 12.4 Å². The van der Waals surface area contributed by atoms with Gasteiger partial charge in [-0.05, 0) is 30.2 Å². The number of hydrogen-bond acceptors (Lipinski definition) is 3. The fourth-order valence-corrected chi connectivity index (χ4v) is 4.01. The Morgan fingerprint density at radius 1 is 1.04 bits per heavy atom. The molecule has 0 saturated heterocycles. The quantitative estimate of drug-likeness (QED) is 0.759. The van der Waals surface area contributed by atoms with Gasteiger partial charge in [-0.1, -0.05) is 55.2 Å². The summed E-state index contributed by atoms with van der Waals surface area (Å²) >= 11 is 0. The van der Waals surface area contributed by atoms with Crippen LogP contribution in [0.5, 0.6) is 5.75 Å². The molecule has 0 aliphatic heterocycles. The highest BCUT2D eigenvalue weighted by Crippen LogP contribution is 2.42. The molecule has 0 N–H and O–H groups in total. The highest BCUT2D eigenvalue weighted by Gasteiger charge is 2.41. The van der Waals surface area contributed by atoms with Crippen LogP contribution in [0, 0.1) is 5.92 Å². The lowest BCUT2D eigenvalue weighted by atomic mass is 9.66. The molecule has 1 heterocycles. The number of benzene rings is 1. The molecule has 1 aliphatic rings. The fourth-order valence-electron chi connectivity index (χ4n) is 4.01. The van der Waals surface area contributed by atoms with Gasteiger partial charge in [0.05, 0.1) is 7.11 Å². The maximum atomic E-state index is 12.6. The molecule has 1 saturated carbocycles. The Hall–Kier alpha value is -2.36. The zero-order valence-corrected chi connectivity index (χ0v) is 15.9. The summed E-state index contributed by atoms with van der Waals surface area (Å²) in [5.41, 5.74) is 1.25. The minimum Gasteiger partial charge on any atom is -0.496 e. The summed E-state index contributed by atoms with van der Waals surface area (Å²) in [6.45, 7) is 4.53. The number of nitrogens with zero attached hydrogens (tertiary/aromatic N) is 1. The number of carbonyl (C=O) groups excluding carboxylic acids is 1. The number of carbonyl (C=O) groups is 1. The van der Waals surface area contributed by atoms with Crippen LogP contribution in [0.15, 0.2) is 54.9 Å². The molecule has 2 unspecified atom stereocenters. The van der Waals surface area contributed by atoms with Crippen molar-refractivity contribution in [2.24, 2.45) is 5.92 Å². The highest BCUT2D eigenvalue weighted by atomic mass is 16.6. The van der Waals surface area contributed by atoms with E-state index < -0.39 is 0 Å². The molecule has 0 bridgehead atoms. The second-order valence-corrected chi connectivity index (χ2v) is 7.55. The molecular formula is C22H28NO3+. The summed E-state index contributed by atoms with van der Waals surface area (Å²) in [6, 6.07) is 14.1. The van der Waals surface area contributed by atoms with Crippen LogP contribution in [-0.4, -0.2) is 19.3 Å². The van der Waals surface area contributed by atoms with E-state index in [9.17, 15) is 4.79 Å². The van der Waals surface area contributed by atoms with E-state index in [1.807, 2.05) is 6.07 Å². The van der Waals surface area contributed by atoms with Gasteiger partial charge in [0, 0.05) is 18.1 Å². The molecule has 0 radical (unpaired) electrons. The molecule has 138 valence electrons. The molecule has 4 heteroatoms. The van der Waals surface area contributed by atoms with E-state index in [4.69, 9.17) is 9.47 Å². The third-order valence-corrected chi connectivity index (χ3v) is 5.64. The average Bonchev–Trinajstić information content (AvgIpc) is 2.69. The summed E-state index contributed by atoms with van der Waals surface area (Å²) in [5, 5.41) is 0. The lowest BCUT2D eigenvalue weighted by Gasteiger charge is -2.41. The van der Waals surface area contributed by atoms with Crippen molar-refractivity contribution in [1.82, 2.24) is 0 Å². The molecule has 0 spiro atoms. The Kier molecular flexibility index (Phi) is 5.60. The molecule has 2 atom stereocenters. The molecular weight excluding hydrogens is 326 g/mol. The van der Waals surface area contributed by atoms with Gasteiger partial charge >= 0.3 is 6.09 Å². The van der Waals surface area contributed by atoms with Gasteiger partial charge in [-0.25, -0.2) is 0 Å². The predicted octanol–water partition coefficient (Wildman–Crippen LogP) is 4.50. The molecule has 4 nitrogen and oxygen atoms in total. The summed E-state index contributed by atoms with van der Waals surface area (Å²) in [5.74, 6) is 1.02. The van der Waals surface area contributed by atoms with Crippen molar-refractivity contribution < 1.29 is 18.8 Å². The number of aromatic nitrogens is 1. The number of pyridine rings is 1. The lowest BCUT2D eigenvalue weighted by molar-refractivity contribution is -0.587. The van der Waals surface area contributed by atoms with Crippen LogP contribution in [0.25, 0.3) is 0 Å². The third kappa shape index (κ3) is 3.90. The van der Waals surface area contributed by atoms with Gasteiger partial charge in [-0.15, -0.1) is 0 Å². The zero-order chi connectivity index (χ0) is 18.6. The Morgan fingerprint density at radius 2 is 1.69 bits per heavy atom. The molecule has 1 aromatic carbocycles. The first kappa shape index (κ1) is 18.4. The van der Waals surface area contributed by atoms with Crippen molar-refractivity contribution in [3.8, 4) is 5.75 Å². The summed E-state index contributed by atoms with van der Waals surface area (Å²) in [6.07, 6.45) is 7.26. The number of hydrogen-bond donors (Lipinski definition) is 0. The first-order valence-electron chi connectivity index (χ1n) is 9.34. The van der Waals surface area contributed by atoms with Crippen molar-refractivity contribution in [1.29, 1.82) is 0 Å². The van der Waals surface area contributed by atoms with E-state index in [1.54, 1.807) is 31.6 Å². The predicted molar refractivity (Wildman–Crippen MR) is 100 cm³/mol. The van der Waals surface area contributed by atoms with E-state index in [-0.39, 0.29) is 17.6 Å². The van der Waals surface area contributed by atoms with Gasteiger partial charge in [-0.2, -0.15) is 4.79 Å². The molecule has 1 fully saturated rings. The molecule has 1 aromatic heterocycles. The maximum Gasteiger partial charge on any atom is 0.602 e. The topological polar surface area (TPSA) is 39.4 Å². The van der Waals surface area contributed by atoms with E-state index in [2.05, 4.69) is 38.1 Å². The average molecular weight is 354 g/mol. The molecule has 26 heavy (non-hydrogen) atoms. The van der Waals surface area contributed by atoms with Crippen LogP contribution in [0.2, 0.25) is 0 Å². The Morgan fingerprint density at radius 3 is 2.35 bits per heavy atom. The first-order chi connectivity index (χ1) is 12.5. The second-order valence-electron chi connectivity index (χ2n) is 7.55. The SMILES string of the molecule is COc1cc[n+](C(=O)OC2CCCCC2C(C)(C)c2ccccc2)cc1. The van der Waals surface area contributed by atoms with E-state index >= 15 is 0 Å². The highest BCUT2D eigenvalue weighted by molar-refractivity contribution is 5.57. The Bertz CT molecular complexity index is 725. The van der Waals surface area contributed by atoms with E-state index in [0.717, 1.165) is 25.0 Å². The summed E-state index contributed by atoms with van der Waals surface area (Å²) in [4.78, 5) is 12.6. The molecule has 2 aromatic rings. The van der Waals surface area contributed by atoms with Crippen molar-refractivity contribution in [3.63, 3.8) is 0 Å². The summed E-state index contributed by atoms with van der Waals surface area (Å²) < 4.78 is 12.6. The van der Waals surface area contributed by atoms with E-state index in [1.165, 1.54) is 16.6 Å². The van der Waals surface area contributed by atoms with Gasteiger partial charge in [0.1, 0.15) is 11.9 Å². The third-order valence-electron chi connectivity index (χ3n) is 5.64. The number of rotatable bonds is 4. The standard InChI is InChI=1S/C22H28NO3/c1-22(2,17-9-5-4-6-10-17)19-11-7-8-12-20(19)26-21(24)23-15-13-18(25-3)14-16-23/h4-6,9-10,13-16,19-20H,7-8,11-12H2,1-3H3/q+1. The van der Waals surface area contributed by atoms with Crippen LogP contribution >= 0.6 is 0 Å². The van der Waals surface area contributed by atoms with E-state index in [0.29, 0.717) is 5.92 Å². The Balaban J connectivity index is 1.77. The van der Waals surface area contributed by atoms with Crippen LogP contribution in [-0.2, 0) is 10.2 Å².